The van der Waals surface area contributed by atoms with E-state index in [9.17, 15) is 9.59 Å². The zero-order valence-electron chi connectivity index (χ0n) is 12.4. The molecule has 0 spiro atoms. The van der Waals surface area contributed by atoms with E-state index in [4.69, 9.17) is 4.74 Å². The van der Waals surface area contributed by atoms with Crippen LogP contribution in [0, 0.1) is 6.92 Å². The van der Waals surface area contributed by atoms with Gasteiger partial charge >= 0.3 is 5.97 Å². The SMILES string of the molecule is CCOC(=O)c1c[nH]c(C=C2C(=O)Nc3ccccc32)c1C. The van der Waals surface area contributed by atoms with E-state index in [1.807, 2.05) is 31.2 Å². The molecule has 0 saturated carbocycles. The van der Waals surface area contributed by atoms with Crippen molar-refractivity contribution < 1.29 is 14.3 Å². The van der Waals surface area contributed by atoms with E-state index in [0.29, 0.717) is 17.7 Å². The van der Waals surface area contributed by atoms with Gasteiger partial charge in [0.05, 0.1) is 17.7 Å². The molecule has 2 aromatic rings. The van der Waals surface area contributed by atoms with Gasteiger partial charge in [-0.25, -0.2) is 4.79 Å². The fourth-order valence-corrected chi connectivity index (χ4v) is 2.51. The Morgan fingerprint density at radius 1 is 1.32 bits per heavy atom. The molecule has 5 nitrogen and oxygen atoms in total. The first-order valence-corrected chi connectivity index (χ1v) is 7.09. The number of nitrogens with one attached hydrogen (secondary N) is 2. The summed E-state index contributed by atoms with van der Waals surface area (Å²) in [5.41, 5.74) is 4.22. The molecule has 5 heteroatoms. The Morgan fingerprint density at radius 2 is 2.09 bits per heavy atom. The summed E-state index contributed by atoms with van der Waals surface area (Å²) in [6.07, 6.45) is 3.37. The smallest absolute Gasteiger partial charge is 0.339 e. The number of fused-ring (bicyclic) bond motifs is 1. The molecule has 0 saturated heterocycles. The molecule has 0 fully saturated rings. The lowest BCUT2D eigenvalue weighted by Crippen LogP contribution is -2.05. The monoisotopic (exact) mass is 296 g/mol. The molecule has 1 aliphatic rings. The van der Waals surface area contributed by atoms with Crippen LogP contribution < -0.4 is 5.32 Å². The lowest BCUT2D eigenvalue weighted by Gasteiger charge is -2.01. The van der Waals surface area contributed by atoms with Crippen molar-refractivity contribution in [1.29, 1.82) is 0 Å². The lowest BCUT2D eigenvalue weighted by atomic mass is 10.0. The third kappa shape index (κ3) is 2.30. The Hall–Kier alpha value is -2.82. The number of esters is 1. The summed E-state index contributed by atoms with van der Waals surface area (Å²) in [6.45, 7) is 3.92. The van der Waals surface area contributed by atoms with Crippen molar-refractivity contribution in [3.63, 3.8) is 0 Å². The van der Waals surface area contributed by atoms with Crippen molar-refractivity contribution >= 4 is 29.2 Å². The number of carbonyl (C=O) groups is 2. The van der Waals surface area contributed by atoms with E-state index >= 15 is 0 Å². The third-order valence-corrected chi connectivity index (χ3v) is 3.67. The predicted octanol–water partition coefficient (Wildman–Crippen LogP) is 2.99. The van der Waals surface area contributed by atoms with Crippen LogP contribution in [0.3, 0.4) is 0 Å². The number of amides is 1. The lowest BCUT2D eigenvalue weighted by molar-refractivity contribution is -0.110. The highest BCUT2D eigenvalue weighted by Crippen LogP contribution is 2.33. The maximum atomic E-state index is 12.1. The van der Waals surface area contributed by atoms with Gasteiger partial charge in [-0.1, -0.05) is 18.2 Å². The number of anilines is 1. The van der Waals surface area contributed by atoms with Gasteiger partial charge in [-0.2, -0.15) is 0 Å². The zero-order chi connectivity index (χ0) is 15.7. The topological polar surface area (TPSA) is 71.2 Å². The molecule has 1 aliphatic heterocycles. The average Bonchev–Trinajstić information content (AvgIpc) is 3.01. The van der Waals surface area contributed by atoms with Crippen LogP contribution in [0.5, 0.6) is 0 Å². The molecule has 1 aromatic carbocycles. The average molecular weight is 296 g/mol. The van der Waals surface area contributed by atoms with Crippen LogP contribution in [-0.4, -0.2) is 23.5 Å². The van der Waals surface area contributed by atoms with Crippen molar-refractivity contribution in [3.8, 4) is 0 Å². The van der Waals surface area contributed by atoms with E-state index in [-0.39, 0.29) is 11.9 Å². The second kappa shape index (κ2) is 5.52. The van der Waals surface area contributed by atoms with Gasteiger partial charge in [0.2, 0.25) is 0 Å². The molecule has 0 unspecified atom stereocenters. The molecule has 1 aromatic heterocycles. The van der Waals surface area contributed by atoms with Crippen LogP contribution in [0.15, 0.2) is 30.5 Å². The molecule has 3 rings (SSSR count). The number of ether oxygens (including phenoxy) is 1. The van der Waals surface area contributed by atoms with Crippen molar-refractivity contribution in [1.82, 2.24) is 4.98 Å². The Morgan fingerprint density at radius 3 is 2.86 bits per heavy atom. The third-order valence-electron chi connectivity index (χ3n) is 3.67. The van der Waals surface area contributed by atoms with Crippen LogP contribution in [0.25, 0.3) is 11.6 Å². The van der Waals surface area contributed by atoms with Crippen LogP contribution in [0.2, 0.25) is 0 Å². The normalized spacial score (nSPS) is 14.8. The summed E-state index contributed by atoms with van der Waals surface area (Å²) in [5.74, 6) is -0.509. The molecule has 112 valence electrons. The number of aromatic amines is 1. The van der Waals surface area contributed by atoms with Crippen LogP contribution >= 0.6 is 0 Å². The number of benzene rings is 1. The second-order valence-corrected chi connectivity index (χ2v) is 5.02. The number of aromatic nitrogens is 1. The van der Waals surface area contributed by atoms with E-state index < -0.39 is 0 Å². The fourth-order valence-electron chi connectivity index (χ4n) is 2.51. The van der Waals surface area contributed by atoms with Gasteiger partial charge in [-0.15, -0.1) is 0 Å². The molecular formula is C17H16N2O3. The van der Waals surface area contributed by atoms with E-state index in [2.05, 4.69) is 10.3 Å². The minimum absolute atomic E-state index is 0.145. The van der Waals surface area contributed by atoms with Crippen molar-refractivity contribution in [3.05, 3.63) is 52.8 Å². The molecule has 1 amide bonds. The standard InChI is InChI=1S/C17H16N2O3/c1-3-22-17(21)13-9-18-15(10(13)2)8-12-11-6-4-5-7-14(11)19-16(12)20/h4-9,18H,3H2,1-2H3,(H,19,20). The molecule has 0 aliphatic carbocycles. The molecule has 2 heterocycles. The van der Waals surface area contributed by atoms with Crippen LogP contribution in [0.4, 0.5) is 5.69 Å². The summed E-state index contributed by atoms with van der Waals surface area (Å²) in [5, 5.41) is 2.82. The van der Waals surface area contributed by atoms with E-state index in [0.717, 1.165) is 22.5 Å². The van der Waals surface area contributed by atoms with Crippen molar-refractivity contribution in [2.24, 2.45) is 0 Å². The second-order valence-electron chi connectivity index (χ2n) is 5.02. The largest absolute Gasteiger partial charge is 0.462 e. The van der Waals surface area contributed by atoms with Crippen LogP contribution in [0.1, 0.15) is 34.1 Å². The van der Waals surface area contributed by atoms with E-state index in [1.165, 1.54) is 0 Å². The van der Waals surface area contributed by atoms with Gasteiger partial charge in [0.1, 0.15) is 0 Å². The van der Waals surface area contributed by atoms with Gasteiger partial charge in [0.25, 0.3) is 5.91 Å². The first-order valence-electron chi connectivity index (χ1n) is 7.09. The minimum Gasteiger partial charge on any atom is -0.462 e. The predicted molar refractivity (Wildman–Crippen MR) is 84.4 cm³/mol. The summed E-state index contributed by atoms with van der Waals surface area (Å²) in [7, 11) is 0. The number of carbonyl (C=O) groups excluding carboxylic acids is 2. The maximum Gasteiger partial charge on any atom is 0.339 e. The van der Waals surface area contributed by atoms with Crippen molar-refractivity contribution in [2.75, 3.05) is 11.9 Å². The van der Waals surface area contributed by atoms with Crippen LogP contribution in [-0.2, 0) is 9.53 Å². The van der Waals surface area contributed by atoms with Gasteiger partial charge in [0.15, 0.2) is 0 Å². The van der Waals surface area contributed by atoms with E-state index in [1.54, 1.807) is 19.2 Å². The number of hydrogen-bond donors (Lipinski definition) is 2. The Labute approximate surface area is 128 Å². The number of H-pyrrole nitrogens is 1. The molecule has 0 atom stereocenters. The highest BCUT2D eigenvalue weighted by Gasteiger charge is 2.24. The number of para-hydroxylation sites is 1. The maximum absolute atomic E-state index is 12.1. The quantitative estimate of drug-likeness (QED) is 0.675. The van der Waals surface area contributed by atoms with Crippen molar-refractivity contribution in [2.45, 2.75) is 13.8 Å². The Balaban J connectivity index is 2.00. The highest BCUT2D eigenvalue weighted by atomic mass is 16.5. The summed E-state index contributed by atoms with van der Waals surface area (Å²) in [4.78, 5) is 27.0. The number of hydrogen-bond acceptors (Lipinski definition) is 3. The molecule has 0 radical (unpaired) electrons. The van der Waals surface area contributed by atoms with Gasteiger partial charge < -0.3 is 15.0 Å². The molecule has 2 N–H and O–H groups in total. The highest BCUT2D eigenvalue weighted by molar-refractivity contribution is 6.34. The minimum atomic E-state index is -0.364. The summed E-state index contributed by atoms with van der Waals surface area (Å²) in [6, 6.07) is 7.52. The first kappa shape index (κ1) is 14.1. The summed E-state index contributed by atoms with van der Waals surface area (Å²) >= 11 is 0. The molecule has 0 bridgehead atoms. The fraction of sp³-hybridized carbons (Fsp3) is 0.176. The number of rotatable bonds is 3. The molecule has 22 heavy (non-hydrogen) atoms. The summed E-state index contributed by atoms with van der Waals surface area (Å²) < 4.78 is 5.01. The van der Waals surface area contributed by atoms with Gasteiger partial charge in [-0.05, 0) is 31.6 Å². The molecular weight excluding hydrogens is 280 g/mol. The first-order chi connectivity index (χ1) is 10.6. The zero-order valence-corrected chi connectivity index (χ0v) is 12.4. The Bertz CT molecular complexity index is 787. The Kier molecular flexibility index (Phi) is 3.55. The van der Waals surface area contributed by atoms with Gasteiger partial charge in [-0.3, -0.25) is 4.79 Å². The van der Waals surface area contributed by atoms with Gasteiger partial charge in [0, 0.05) is 23.1 Å².